The monoisotopic (exact) mass is 333 g/mol. The molecule has 2 fully saturated rings. The number of hydrogen-bond donors (Lipinski definition) is 1. The van der Waals surface area contributed by atoms with Crippen molar-refractivity contribution in [1.82, 2.24) is 9.80 Å². The van der Waals surface area contributed by atoms with Gasteiger partial charge in [0.15, 0.2) is 0 Å². The van der Waals surface area contributed by atoms with Crippen LogP contribution < -0.4 is 5.73 Å². The number of carbonyl (C=O) groups excluding carboxylic acids is 2. The molecule has 7 heteroatoms. The van der Waals surface area contributed by atoms with Crippen LogP contribution in [0.2, 0.25) is 0 Å². The molecule has 0 aromatic carbocycles. The lowest BCUT2D eigenvalue weighted by Crippen LogP contribution is -2.52. The Bertz CT molecular complexity index is 373. The summed E-state index contributed by atoms with van der Waals surface area (Å²) < 4.78 is 5.10. The highest BCUT2D eigenvalue weighted by Gasteiger charge is 2.33. The van der Waals surface area contributed by atoms with Gasteiger partial charge in [-0.3, -0.25) is 9.69 Å². The van der Waals surface area contributed by atoms with E-state index in [1.54, 1.807) is 11.8 Å². The average Bonchev–Trinajstić information content (AvgIpc) is 2.50. The molecule has 0 bridgehead atoms. The fourth-order valence-electron chi connectivity index (χ4n) is 3.11. The van der Waals surface area contributed by atoms with E-state index in [-0.39, 0.29) is 30.3 Å². The number of ether oxygens (including phenoxy) is 1. The van der Waals surface area contributed by atoms with Crippen molar-refractivity contribution in [3.8, 4) is 0 Å². The number of nitrogens with zero attached hydrogens (tertiary/aromatic N) is 2. The highest BCUT2D eigenvalue weighted by atomic mass is 35.5. The molecule has 2 heterocycles. The van der Waals surface area contributed by atoms with Crippen LogP contribution in [0.4, 0.5) is 0 Å². The molecule has 0 aromatic heterocycles. The highest BCUT2D eigenvalue weighted by Crippen LogP contribution is 2.19. The van der Waals surface area contributed by atoms with Crippen LogP contribution in [-0.4, -0.2) is 66.5 Å². The van der Waals surface area contributed by atoms with Crippen molar-refractivity contribution in [1.29, 1.82) is 0 Å². The van der Waals surface area contributed by atoms with Gasteiger partial charge in [0, 0.05) is 25.7 Å². The van der Waals surface area contributed by atoms with E-state index >= 15 is 0 Å². The molecule has 1 amide bonds. The number of halogens is 1. The molecule has 0 radical (unpaired) electrons. The predicted octanol–water partition coefficient (Wildman–Crippen LogP) is 0.776. The number of hydrogen-bond acceptors (Lipinski definition) is 5. The minimum atomic E-state index is -0.391. The summed E-state index contributed by atoms with van der Waals surface area (Å²) in [6.45, 7) is 4.94. The number of carbonyl (C=O) groups is 2. The zero-order valence-electron chi connectivity index (χ0n) is 13.3. The normalized spacial score (nSPS) is 23.7. The standard InChI is InChI=1S/C15H27N3O3.ClH/c1-2-21-15(20)13-5-3-4-8-18(13)14(19)11-17-9-6-12(16)7-10-17;/h12-13H,2-11,16H2,1H3;1H. The van der Waals surface area contributed by atoms with Gasteiger partial charge in [-0.05, 0) is 39.0 Å². The minimum Gasteiger partial charge on any atom is -0.464 e. The lowest BCUT2D eigenvalue weighted by molar-refractivity contribution is -0.157. The second-order valence-electron chi connectivity index (χ2n) is 5.96. The molecule has 2 aliphatic heterocycles. The van der Waals surface area contributed by atoms with Gasteiger partial charge >= 0.3 is 5.97 Å². The molecule has 0 aliphatic carbocycles. The van der Waals surface area contributed by atoms with Crippen molar-refractivity contribution in [2.24, 2.45) is 5.73 Å². The number of piperidine rings is 2. The minimum absolute atomic E-state index is 0. The smallest absolute Gasteiger partial charge is 0.328 e. The molecule has 1 unspecified atom stereocenters. The van der Waals surface area contributed by atoms with Gasteiger partial charge in [-0.25, -0.2) is 4.79 Å². The molecular weight excluding hydrogens is 306 g/mol. The molecule has 0 aromatic rings. The zero-order chi connectivity index (χ0) is 15.2. The number of rotatable bonds is 4. The molecule has 2 saturated heterocycles. The van der Waals surface area contributed by atoms with Crippen LogP contribution in [0.25, 0.3) is 0 Å². The van der Waals surface area contributed by atoms with Gasteiger partial charge in [0.2, 0.25) is 5.91 Å². The molecule has 2 rings (SSSR count). The summed E-state index contributed by atoms with van der Waals surface area (Å²) >= 11 is 0. The first kappa shape index (κ1) is 19.2. The molecule has 128 valence electrons. The maximum atomic E-state index is 12.5. The average molecular weight is 334 g/mol. The van der Waals surface area contributed by atoms with Gasteiger partial charge in [0.25, 0.3) is 0 Å². The van der Waals surface area contributed by atoms with E-state index in [9.17, 15) is 9.59 Å². The topological polar surface area (TPSA) is 75.9 Å². The van der Waals surface area contributed by atoms with Gasteiger partial charge in [-0.1, -0.05) is 0 Å². The SMILES string of the molecule is CCOC(=O)C1CCCCN1C(=O)CN1CCC(N)CC1.Cl. The molecule has 0 saturated carbocycles. The Morgan fingerprint density at radius 2 is 1.82 bits per heavy atom. The fourth-order valence-corrected chi connectivity index (χ4v) is 3.11. The first-order valence-electron chi connectivity index (χ1n) is 8.06. The lowest BCUT2D eigenvalue weighted by Gasteiger charge is -2.36. The van der Waals surface area contributed by atoms with E-state index < -0.39 is 6.04 Å². The van der Waals surface area contributed by atoms with E-state index in [1.165, 1.54) is 0 Å². The van der Waals surface area contributed by atoms with E-state index in [4.69, 9.17) is 10.5 Å². The van der Waals surface area contributed by atoms with Crippen LogP contribution in [0.3, 0.4) is 0 Å². The van der Waals surface area contributed by atoms with Crippen molar-refractivity contribution in [3.05, 3.63) is 0 Å². The molecular formula is C15H28ClN3O3. The van der Waals surface area contributed by atoms with E-state index in [2.05, 4.69) is 4.90 Å². The number of nitrogens with two attached hydrogens (primary N) is 1. The van der Waals surface area contributed by atoms with E-state index in [0.717, 1.165) is 45.2 Å². The third kappa shape index (κ3) is 5.11. The van der Waals surface area contributed by atoms with Crippen LogP contribution in [-0.2, 0) is 14.3 Å². The summed E-state index contributed by atoms with van der Waals surface area (Å²) in [4.78, 5) is 28.4. The molecule has 0 spiro atoms. The van der Waals surface area contributed by atoms with Crippen molar-refractivity contribution in [2.45, 2.75) is 51.1 Å². The molecule has 6 nitrogen and oxygen atoms in total. The fraction of sp³-hybridized carbons (Fsp3) is 0.867. The number of esters is 1. The molecule has 2 N–H and O–H groups in total. The highest BCUT2D eigenvalue weighted by molar-refractivity contribution is 5.86. The summed E-state index contributed by atoms with van der Waals surface area (Å²) in [7, 11) is 0. The maximum absolute atomic E-state index is 12.5. The number of amides is 1. The number of likely N-dealkylation sites (tertiary alicyclic amines) is 2. The summed E-state index contributed by atoms with van der Waals surface area (Å²) in [5.41, 5.74) is 5.88. The third-order valence-electron chi connectivity index (χ3n) is 4.37. The maximum Gasteiger partial charge on any atom is 0.328 e. The van der Waals surface area contributed by atoms with Crippen LogP contribution in [0.1, 0.15) is 39.0 Å². The third-order valence-corrected chi connectivity index (χ3v) is 4.37. The Balaban J connectivity index is 0.00000242. The van der Waals surface area contributed by atoms with Crippen LogP contribution >= 0.6 is 12.4 Å². The van der Waals surface area contributed by atoms with Crippen LogP contribution in [0.5, 0.6) is 0 Å². The Morgan fingerprint density at radius 1 is 1.14 bits per heavy atom. The quantitative estimate of drug-likeness (QED) is 0.769. The second kappa shape index (κ2) is 9.33. The summed E-state index contributed by atoms with van der Waals surface area (Å²) in [5.74, 6) is -0.213. The lowest BCUT2D eigenvalue weighted by atomic mass is 10.0. The summed E-state index contributed by atoms with van der Waals surface area (Å²) in [5, 5.41) is 0. The molecule has 2 aliphatic rings. The van der Waals surface area contributed by atoms with E-state index in [1.807, 2.05) is 0 Å². The van der Waals surface area contributed by atoms with E-state index in [0.29, 0.717) is 19.7 Å². The van der Waals surface area contributed by atoms with Gasteiger partial charge in [-0.15, -0.1) is 12.4 Å². The summed E-state index contributed by atoms with van der Waals surface area (Å²) in [6, 6.07) is -0.128. The predicted molar refractivity (Wildman–Crippen MR) is 86.9 cm³/mol. The second-order valence-corrected chi connectivity index (χ2v) is 5.96. The van der Waals surface area contributed by atoms with Gasteiger partial charge < -0.3 is 15.4 Å². The first-order chi connectivity index (χ1) is 10.1. The zero-order valence-corrected chi connectivity index (χ0v) is 14.1. The molecule has 22 heavy (non-hydrogen) atoms. The Labute approximate surface area is 138 Å². The molecule has 1 atom stereocenters. The van der Waals surface area contributed by atoms with Gasteiger partial charge in [0.1, 0.15) is 6.04 Å². The Morgan fingerprint density at radius 3 is 2.45 bits per heavy atom. The van der Waals surface area contributed by atoms with Crippen LogP contribution in [0.15, 0.2) is 0 Å². The van der Waals surface area contributed by atoms with Crippen molar-refractivity contribution in [2.75, 3.05) is 32.8 Å². The van der Waals surface area contributed by atoms with Crippen LogP contribution in [0, 0.1) is 0 Å². The van der Waals surface area contributed by atoms with Crippen molar-refractivity contribution in [3.63, 3.8) is 0 Å². The van der Waals surface area contributed by atoms with Gasteiger partial charge in [0.05, 0.1) is 13.2 Å². The Hall–Kier alpha value is -0.850. The Kier molecular flexibility index (Phi) is 8.14. The van der Waals surface area contributed by atoms with Crippen molar-refractivity contribution >= 4 is 24.3 Å². The first-order valence-corrected chi connectivity index (χ1v) is 8.06. The summed E-state index contributed by atoms with van der Waals surface area (Å²) in [6.07, 6.45) is 4.54. The largest absolute Gasteiger partial charge is 0.464 e. The van der Waals surface area contributed by atoms with Gasteiger partial charge in [-0.2, -0.15) is 0 Å². The van der Waals surface area contributed by atoms with Crippen molar-refractivity contribution < 1.29 is 14.3 Å².